The topological polar surface area (TPSA) is 65.8 Å². The number of nitriles is 1. The zero-order valence-corrected chi connectivity index (χ0v) is 12.1. The lowest BCUT2D eigenvalue weighted by Gasteiger charge is -2.31. The molecule has 0 spiro atoms. The number of carbonyl (C=O) groups excluding carboxylic acids is 1. The third-order valence-corrected chi connectivity index (χ3v) is 4.20. The number of carbonyl (C=O) groups is 1. The molecule has 0 aliphatic carbocycles. The van der Waals surface area contributed by atoms with E-state index in [9.17, 15) is 10.1 Å². The molecule has 0 saturated carbocycles. The van der Waals surface area contributed by atoms with Gasteiger partial charge in [-0.2, -0.15) is 5.26 Å². The van der Waals surface area contributed by atoms with Crippen LogP contribution >= 0.6 is 0 Å². The largest absolute Gasteiger partial charge is 0.497 e. The lowest BCUT2D eigenvalue weighted by atomic mass is 9.92. The molecule has 1 saturated heterocycles. The molecular weight excluding hydrogens is 270 g/mol. The van der Waals surface area contributed by atoms with Crippen LogP contribution in [0.3, 0.4) is 0 Å². The molecule has 0 radical (unpaired) electrons. The number of hydrogen-bond acceptors (Lipinski definition) is 5. The first-order chi connectivity index (χ1) is 10.2. The maximum Gasteiger partial charge on any atom is 0.411 e. The second-order valence-electron chi connectivity index (χ2n) is 5.14. The van der Waals surface area contributed by atoms with Gasteiger partial charge in [-0.15, -0.1) is 0 Å². The fourth-order valence-electron chi connectivity index (χ4n) is 3.11. The van der Waals surface area contributed by atoms with Crippen LogP contribution in [0.25, 0.3) is 0 Å². The molecule has 0 N–H and O–H groups in total. The van der Waals surface area contributed by atoms with Crippen molar-refractivity contribution < 1.29 is 14.3 Å². The maximum atomic E-state index is 12.0. The number of rotatable bonds is 3. The highest BCUT2D eigenvalue weighted by Crippen LogP contribution is 2.45. The number of methoxy groups -OCH3 is 1. The summed E-state index contributed by atoms with van der Waals surface area (Å²) in [6, 6.07) is 7.96. The van der Waals surface area contributed by atoms with Gasteiger partial charge in [-0.1, -0.05) is 0 Å². The summed E-state index contributed by atoms with van der Waals surface area (Å²) in [6.45, 7) is 4.01. The molecule has 1 aromatic carbocycles. The normalized spacial score (nSPS) is 23.8. The van der Waals surface area contributed by atoms with Crippen LogP contribution in [0.5, 0.6) is 5.75 Å². The Morgan fingerprint density at radius 1 is 1.52 bits per heavy atom. The Morgan fingerprint density at radius 3 is 2.90 bits per heavy atom. The predicted octanol–water partition coefficient (Wildman–Crippen LogP) is 1.71. The standard InChI is InChI=1S/C15H17N3O3/c1-3-17-10-15(9-16,18-6-7-21-14(18)19)12-5-4-11(20-2)8-13(12)17/h4-5,8H,3,6-7,10H2,1-2H3. The first-order valence-electron chi connectivity index (χ1n) is 6.95. The first kappa shape index (κ1) is 13.6. The first-order valence-corrected chi connectivity index (χ1v) is 6.95. The van der Waals surface area contributed by atoms with Crippen molar-refractivity contribution in [2.45, 2.75) is 12.5 Å². The van der Waals surface area contributed by atoms with Crippen LogP contribution in [0, 0.1) is 11.3 Å². The van der Waals surface area contributed by atoms with Crippen LogP contribution in [0.2, 0.25) is 0 Å². The van der Waals surface area contributed by atoms with E-state index in [2.05, 4.69) is 11.0 Å². The minimum Gasteiger partial charge on any atom is -0.497 e. The van der Waals surface area contributed by atoms with Crippen LogP contribution in [0.1, 0.15) is 12.5 Å². The summed E-state index contributed by atoms with van der Waals surface area (Å²) < 4.78 is 10.3. The Balaban J connectivity index is 2.13. The molecule has 2 heterocycles. The average Bonchev–Trinajstić information content (AvgIpc) is 3.08. The van der Waals surface area contributed by atoms with Gasteiger partial charge in [-0.3, -0.25) is 4.90 Å². The summed E-state index contributed by atoms with van der Waals surface area (Å²) in [4.78, 5) is 15.6. The number of cyclic esters (lactones) is 1. The van der Waals surface area contributed by atoms with Crippen LogP contribution < -0.4 is 9.64 Å². The summed E-state index contributed by atoms with van der Waals surface area (Å²) >= 11 is 0. The number of ether oxygens (including phenoxy) is 2. The van der Waals surface area contributed by atoms with Gasteiger partial charge in [0.2, 0.25) is 0 Å². The molecule has 21 heavy (non-hydrogen) atoms. The van der Waals surface area contributed by atoms with Crippen LogP contribution in [0.15, 0.2) is 18.2 Å². The Morgan fingerprint density at radius 2 is 2.33 bits per heavy atom. The number of anilines is 1. The molecule has 2 aliphatic rings. The van der Waals surface area contributed by atoms with Crippen molar-refractivity contribution in [1.29, 1.82) is 5.26 Å². The summed E-state index contributed by atoms with van der Waals surface area (Å²) in [5.41, 5.74) is 0.801. The van der Waals surface area contributed by atoms with E-state index in [1.807, 2.05) is 25.1 Å². The van der Waals surface area contributed by atoms with E-state index in [0.717, 1.165) is 23.5 Å². The third-order valence-electron chi connectivity index (χ3n) is 4.20. The molecule has 1 atom stereocenters. The lowest BCUT2D eigenvalue weighted by Crippen LogP contribution is -2.48. The fraction of sp³-hybridized carbons (Fsp3) is 0.467. The van der Waals surface area contributed by atoms with E-state index in [1.54, 1.807) is 7.11 Å². The smallest absolute Gasteiger partial charge is 0.411 e. The fourth-order valence-corrected chi connectivity index (χ4v) is 3.11. The monoisotopic (exact) mass is 287 g/mol. The summed E-state index contributed by atoms with van der Waals surface area (Å²) in [5, 5.41) is 9.82. The number of nitrogens with zero attached hydrogens (tertiary/aromatic N) is 3. The van der Waals surface area contributed by atoms with Gasteiger partial charge in [0.1, 0.15) is 12.4 Å². The minimum absolute atomic E-state index is 0.333. The quantitative estimate of drug-likeness (QED) is 0.846. The zero-order chi connectivity index (χ0) is 15.0. The van der Waals surface area contributed by atoms with Crippen LogP contribution in [-0.4, -0.2) is 44.3 Å². The number of amides is 1. The van der Waals surface area contributed by atoms with E-state index in [4.69, 9.17) is 9.47 Å². The Kier molecular flexibility index (Phi) is 3.13. The van der Waals surface area contributed by atoms with Gasteiger partial charge in [0.15, 0.2) is 5.54 Å². The molecule has 1 aromatic rings. The minimum atomic E-state index is -0.981. The van der Waals surface area contributed by atoms with Crippen molar-refractivity contribution in [1.82, 2.24) is 4.90 Å². The van der Waals surface area contributed by atoms with E-state index in [0.29, 0.717) is 19.7 Å². The third kappa shape index (κ3) is 1.81. The Hall–Kier alpha value is -2.42. The van der Waals surface area contributed by atoms with E-state index in [1.165, 1.54) is 4.90 Å². The molecule has 6 nitrogen and oxygen atoms in total. The molecule has 6 heteroatoms. The molecule has 1 amide bonds. The second kappa shape index (κ2) is 4.85. The van der Waals surface area contributed by atoms with Crippen molar-refractivity contribution in [3.05, 3.63) is 23.8 Å². The average molecular weight is 287 g/mol. The van der Waals surface area contributed by atoms with Crippen molar-refractivity contribution in [2.24, 2.45) is 0 Å². The van der Waals surface area contributed by atoms with Crippen LogP contribution in [-0.2, 0) is 10.3 Å². The molecule has 3 rings (SSSR count). The molecule has 0 aromatic heterocycles. The van der Waals surface area contributed by atoms with Gasteiger partial charge in [0, 0.05) is 23.9 Å². The lowest BCUT2D eigenvalue weighted by molar-refractivity contribution is 0.136. The summed E-state index contributed by atoms with van der Waals surface area (Å²) in [7, 11) is 1.61. The second-order valence-corrected chi connectivity index (χ2v) is 5.14. The summed E-state index contributed by atoms with van der Waals surface area (Å²) in [5.74, 6) is 0.741. The van der Waals surface area contributed by atoms with Crippen molar-refractivity contribution in [3.8, 4) is 11.8 Å². The highest BCUT2D eigenvalue weighted by Gasteiger charge is 2.51. The van der Waals surface area contributed by atoms with Gasteiger partial charge in [0.05, 0.1) is 26.3 Å². The van der Waals surface area contributed by atoms with Crippen molar-refractivity contribution >= 4 is 11.8 Å². The molecule has 1 fully saturated rings. The molecule has 1 unspecified atom stereocenters. The van der Waals surface area contributed by atoms with Gasteiger partial charge in [-0.25, -0.2) is 4.79 Å². The molecule has 2 aliphatic heterocycles. The van der Waals surface area contributed by atoms with E-state index < -0.39 is 11.6 Å². The van der Waals surface area contributed by atoms with Gasteiger partial charge in [-0.05, 0) is 19.1 Å². The van der Waals surface area contributed by atoms with E-state index >= 15 is 0 Å². The van der Waals surface area contributed by atoms with Gasteiger partial charge >= 0.3 is 6.09 Å². The predicted molar refractivity (Wildman–Crippen MR) is 76.2 cm³/mol. The molecule has 110 valence electrons. The van der Waals surface area contributed by atoms with Gasteiger partial charge < -0.3 is 14.4 Å². The highest BCUT2D eigenvalue weighted by atomic mass is 16.6. The van der Waals surface area contributed by atoms with Gasteiger partial charge in [0.25, 0.3) is 0 Å². The number of fused-ring (bicyclic) bond motifs is 1. The summed E-state index contributed by atoms with van der Waals surface area (Å²) in [6.07, 6.45) is -0.420. The van der Waals surface area contributed by atoms with E-state index in [-0.39, 0.29) is 0 Å². The maximum absolute atomic E-state index is 12.0. The van der Waals surface area contributed by atoms with Crippen molar-refractivity contribution in [3.63, 3.8) is 0 Å². The Labute approximate surface area is 123 Å². The zero-order valence-electron chi connectivity index (χ0n) is 12.1. The molecular formula is C15H17N3O3. The number of hydrogen-bond donors (Lipinski definition) is 0. The number of benzene rings is 1. The molecule has 0 bridgehead atoms. The highest BCUT2D eigenvalue weighted by molar-refractivity contribution is 5.76. The van der Waals surface area contributed by atoms with Crippen molar-refractivity contribution in [2.75, 3.05) is 38.3 Å². The number of likely N-dealkylation sites (N-methyl/N-ethyl adjacent to an activating group) is 1. The Bertz CT molecular complexity index is 625. The SMILES string of the molecule is CCN1CC(C#N)(N2CCOC2=O)c2ccc(OC)cc21. The van der Waals surface area contributed by atoms with Crippen LogP contribution in [0.4, 0.5) is 10.5 Å².